The lowest BCUT2D eigenvalue weighted by molar-refractivity contribution is -0.142. The minimum absolute atomic E-state index is 0.247. The molecule has 0 aromatic heterocycles. The summed E-state index contributed by atoms with van der Waals surface area (Å²) in [6.45, 7) is 1.99. The van der Waals surface area contributed by atoms with Crippen molar-refractivity contribution in [2.45, 2.75) is 56.8 Å². The molecule has 62 heavy (non-hydrogen) atoms. The van der Waals surface area contributed by atoms with E-state index in [0.29, 0.717) is 41.7 Å². The van der Waals surface area contributed by atoms with E-state index in [1.54, 1.807) is 73.7 Å². The van der Waals surface area contributed by atoms with Crippen molar-refractivity contribution in [3.05, 3.63) is 179 Å². The first kappa shape index (κ1) is 42.8. The summed E-state index contributed by atoms with van der Waals surface area (Å²) in [6, 6.07) is 40.8. The molecule has 2 amide bonds. The van der Waals surface area contributed by atoms with Gasteiger partial charge in [-0.2, -0.15) is 0 Å². The van der Waals surface area contributed by atoms with Crippen LogP contribution in [0.5, 0.6) is 11.5 Å². The molecule has 0 aliphatic carbocycles. The summed E-state index contributed by atoms with van der Waals surface area (Å²) in [5.41, 5.74) is 6.86. The molecule has 2 aliphatic heterocycles. The van der Waals surface area contributed by atoms with E-state index in [-0.39, 0.29) is 18.4 Å². The molecule has 8 rings (SSSR count). The smallest absolute Gasteiger partial charge is 0.326 e. The summed E-state index contributed by atoms with van der Waals surface area (Å²) in [4.78, 5) is 53.4. The topological polar surface area (TPSA) is 134 Å². The average Bonchev–Trinajstić information content (AvgIpc) is 3.95. The van der Waals surface area contributed by atoms with Gasteiger partial charge in [-0.1, -0.05) is 103 Å². The zero-order valence-electron chi connectivity index (χ0n) is 34.6. The molecular weight excluding hydrogens is 788 g/mol. The minimum Gasteiger partial charge on any atom is -0.496 e. The van der Waals surface area contributed by atoms with Crippen molar-refractivity contribution in [3.8, 4) is 33.8 Å². The first-order valence-corrected chi connectivity index (χ1v) is 20.4. The van der Waals surface area contributed by atoms with Gasteiger partial charge in [0, 0.05) is 27.8 Å². The van der Waals surface area contributed by atoms with Gasteiger partial charge in [0.15, 0.2) is 0 Å². The fraction of sp³-hybridized carbons (Fsp3) is 0.216. The standard InChI is InChI=1S/C26H25NO4.C25H22FNO4/c1-17-7-3-4-8-20(17)22-15-16-23(26(29)30)27(22)25(28)19-13-11-18(12-14-19)21-9-5-6-10-24(21)31-2;1-31-23-9-5-3-6-18(23)16-10-12-17(13-11-16)24(28)27-21(14-15-22(27)25(29)30)19-7-2-4-8-20(19)26/h3-14,22-23H,15-16H2,1-2H3,(H,29,30);2-13,21-22H,14-15H2,1H3,(H,29,30)/t22-,23+;21-,22+/m11/s1. The monoisotopic (exact) mass is 834 g/mol. The summed E-state index contributed by atoms with van der Waals surface area (Å²) in [7, 11) is 3.22. The maximum Gasteiger partial charge on any atom is 0.326 e. The summed E-state index contributed by atoms with van der Waals surface area (Å²) >= 11 is 0. The normalized spacial score (nSPS) is 18.1. The first-order valence-electron chi connectivity index (χ1n) is 20.4. The lowest BCUT2D eigenvalue weighted by Crippen LogP contribution is -2.42. The molecule has 2 saturated heterocycles. The summed E-state index contributed by atoms with van der Waals surface area (Å²) in [5, 5.41) is 19.4. The van der Waals surface area contributed by atoms with Crippen LogP contribution in [-0.2, 0) is 9.59 Å². The van der Waals surface area contributed by atoms with Crippen LogP contribution < -0.4 is 9.47 Å². The summed E-state index contributed by atoms with van der Waals surface area (Å²) in [5.74, 6) is -1.71. The number of carboxylic acid groups (broad SMARTS) is 2. The number of methoxy groups -OCH3 is 2. The van der Waals surface area contributed by atoms with E-state index in [1.165, 1.54) is 11.0 Å². The average molecular weight is 835 g/mol. The fourth-order valence-corrected chi connectivity index (χ4v) is 8.64. The first-order chi connectivity index (χ1) is 30.0. The molecule has 2 heterocycles. The predicted molar refractivity (Wildman–Crippen MR) is 234 cm³/mol. The van der Waals surface area contributed by atoms with Crippen LogP contribution >= 0.6 is 0 Å². The van der Waals surface area contributed by atoms with Crippen LogP contribution in [0.15, 0.2) is 146 Å². The summed E-state index contributed by atoms with van der Waals surface area (Å²) < 4.78 is 25.3. The quantitative estimate of drug-likeness (QED) is 0.139. The van der Waals surface area contributed by atoms with Gasteiger partial charge in [0.25, 0.3) is 11.8 Å². The van der Waals surface area contributed by atoms with E-state index in [0.717, 1.165) is 39.1 Å². The third-order valence-corrected chi connectivity index (χ3v) is 11.7. The van der Waals surface area contributed by atoms with Crippen molar-refractivity contribution in [2.75, 3.05) is 14.2 Å². The van der Waals surface area contributed by atoms with Crippen molar-refractivity contribution in [2.24, 2.45) is 0 Å². The molecule has 0 unspecified atom stereocenters. The fourth-order valence-electron chi connectivity index (χ4n) is 8.64. The second-order valence-corrected chi connectivity index (χ2v) is 15.3. The van der Waals surface area contributed by atoms with E-state index in [2.05, 4.69) is 0 Å². The molecular formula is C51H47FN2O8. The highest BCUT2D eigenvalue weighted by atomic mass is 19.1. The number of nitrogens with zero attached hydrogens (tertiary/aromatic N) is 2. The van der Waals surface area contributed by atoms with Crippen molar-refractivity contribution in [1.82, 2.24) is 9.80 Å². The number of aliphatic carboxylic acids is 2. The third kappa shape index (κ3) is 8.79. The number of benzene rings is 6. The van der Waals surface area contributed by atoms with Crippen molar-refractivity contribution >= 4 is 23.8 Å². The molecule has 0 radical (unpaired) electrons. The Hall–Kier alpha value is -7.27. The molecule has 2 aliphatic rings. The molecule has 0 spiro atoms. The molecule has 316 valence electrons. The molecule has 0 saturated carbocycles. The molecule has 2 N–H and O–H groups in total. The Morgan fingerprint density at radius 2 is 0.903 bits per heavy atom. The van der Waals surface area contributed by atoms with Gasteiger partial charge in [-0.05, 0) is 97.3 Å². The van der Waals surface area contributed by atoms with Gasteiger partial charge in [-0.3, -0.25) is 9.59 Å². The Balaban J connectivity index is 0.000000186. The lowest BCUT2D eigenvalue weighted by Gasteiger charge is -2.29. The molecule has 10 nitrogen and oxygen atoms in total. The molecule has 6 aromatic rings. The number of ether oxygens (including phenoxy) is 2. The van der Waals surface area contributed by atoms with Crippen LogP contribution in [0.25, 0.3) is 22.3 Å². The number of amides is 2. The SMILES string of the molecule is COc1ccccc1-c1ccc(C(=O)N2[C@@H](c3ccccc3C)CC[C@H]2C(=O)O)cc1.COc1ccccc1-c1ccc(C(=O)N2[C@@H](c3ccccc3F)CC[C@H]2C(=O)O)cc1. The number of carbonyl (C=O) groups is 4. The van der Waals surface area contributed by atoms with Crippen LogP contribution in [0, 0.1) is 12.7 Å². The number of hydrogen-bond donors (Lipinski definition) is 2. The Labute approximate surface area is 359 Å². The van der Waals surface area contributed by atoms with Crippen molar-refractivity contribution < 1.29 is 43.3 Å². The lowest BCUT2D eigenvalue weighted by atomic mass is 9.98. The zero-order valence-corrected chi connectivity index (χ0v) is 34.6. The van der Waals surface area contributed by atoms with Gasteiger partial charge in [0.2, 0.25) is 0 Å². The van der Waals surface area contributed by atoms with E-state index >= 15 is 0 Å². The highest BCUT2D eigenvalue weighted by Gasteiger charge is 2.44. The Bertz CT molecular complexity index is 2400. The van der Waals surface area contributed by atoms with E-state index < -0.39 is 41.8 Å². The molecule has 2 fully saturated rings. The maximum atomic E-state index is 14.4. The molecule has 4 atom stereocenters. The van der Waals surface area contributed by atoms with Crippen molar-refractivity contribution in [1.29, 1.82) is 0 Å². The van der Waals surface area contributed by atoms with E-state index in [9.17, 15) is 33.8 Å². The Morgan fingerprint density at radius 3 is 1.32 bits per heavy atom. The van der Waals surface area contributed by atoms with E-state index in [1.807, 2.05) is 91.9 Å². The van der Waals surface area contributed by atoms with Crippen LogP contribution in [0.2, 0.25) is 0 Å². The van der Waals surface area contributed by atoms with Gasteiger partial charge >= 0.3 is 11.9 Å². The number of halogens is 1. The summed E-state index contributed by atoms with van der Waals surface area (Å²) in [6.07, 6.45) is 1.74. The van der Waals surface area contributed by atoms with Crippen LogP contribution in [0.1, 0.15) is 75.2 Å². The zero-order chi connectivity index (χ0) is 43.9. The Kier molecular flexibility index (Phi) is 13.1. The van der Waals surface area contributed by atoms with Crippen LogP contribution in [0.4, 0.5) is 4.39 Å². The highest BCUT2D eigenvalue weighted by Crippen LogP contribution is 2.41. The highest BCUT2D eigenvalue weighted by molar-refractivity contribution is 5.99. The Morgan fingerprint density at radius 1 is 0.516 bits per heavy atom. The number of hydrogen-bond acceptors (Lipinski definition) is 6. The second-order valence-electron chi connectivity index (χ2n) is 15.3. The molecule has 11 heteroatoms. The van der Waals surface area contributed by atoms with E-state index in [4.69, 9.17) is 9.47 Å². The minimum atomic E-state index is -1.09. The van der Waals surface area contributed by atoms with Gasteiger partial charge in [-0.25, -0.2) is 14.0 Å². The van der Waals surface area contributed by atoms with Crippen molar-refractivity contribution in [3.63, 3.8) is 0 Å². The predicted octanol–water partition coefficient (Wildman–Crippen LogP) is 10.0. The number of aryl methyl sites for hydroxylation is 1. The maximum absolute atomic E-state index is 14.4. The van der Waals surface area contributed by atoms with Crippen LogP contribution in [-0.4, -0.2) is 70.1 Å². The second kappa shape index (κ2) is 19.0. The van der Waals surface area contributed by atoms with Gasteiger partial charge in [-0.15, -0.1) is 0 Å². The molecule has 6 aromatic carbocycles. The number of likely N-dealkylation sites (tertiary alicyclic amines) is 2. The number of rotatable bonds is 10. The van der Waals surface area contributed by atoms with Gasteiger partial charge < -0.3 is 29.5 Å². The number of para-hydroxylation sites is 2. The number of carboxylic acids is 2. The van der Waals surface area contributed by atoms with Crippen LogP contribution in [0.3, 0.4) is 0 Å². The van der Waals surface area contributed by atoms with Gasteiger partial charge in [0.1, 0.15) is 29.4 Å². The van der Waals surface area contributed by atoms with Gasteiger partial charge in [0.05, 0.1) is 26.3 Å². The largest absolute Gasteiger partial charge is 0.496 e. The molecule has 0 bridgehead atoms. The third-order valence-electron chi connectivity index (χ3n) is 11.7. The number of carbonyl (C=O) groups excluding carboxylic acids is 2.